The standard InChI is InChI=1S/C14H21FN2O2S.ClH/c1-11-6-13(15)8-14(7-11)20(18,19)17-5-3-4-12(10-17)9-16-2;/h6-8,12,16H,3-5,9-10H2,1-2H3;1H. The number of aryl methyl sites for hydroxylation is 1. The lowest BCUT2D eigenvalue weighted by atomic mass is 10.00. The van der Waals surface area contributed by atoms with Gasteiger partial charge in [0.05, 0.1) is 4.90 Å². The fourth-order valence-electron chi connectivity index (χ4n) is 2.70. The molecule has 0 spiro atoms. The third-order valence-electron chi connectivity index (χ3n) is 3.63. The smallest absolute Gasteiger partial charge is 0.243 e. The van der Waals surface area contributed by atoms with Crippen molar-refractivity contribution in [2.75, 3.05) is 26.7 Å². The van der Waals surface area contributed by atoms with Crippen LogP contribution in [0, 0.1) is 18.7 Å². The molecule has 0 radical (unpaired) electrons. The maximum Gasteiger partial charge on any atom is 0.243 e. The molecule has 120 valence electrons. The number of sulfonamides is 1. The first kappa shape index (κ1) is 18.4. The van der Waals surface area contributed by atoms with Crippen molar-refractivity contribution in [3.8, 4) is 0 Å². The monoisotopic (exact) mass is 336 g/mol. The van der Waals surface area contributed by atoms with E-state index in [0.717, 1.165) is 25.5 Å². The highest BCUT2D eigenvalue weighted by Gasteiger charge is 2.30. The second-order valence-corrected chi connectivity index (χ2v) is 7.33. The number of nitrogens with zero attached hydrogens (tertiary/aromatic N) is 1. The molecule has 1 heterocycles. The third kappa shape index (κ3) is 4.39. The number of piperidine rings is 1. The highest BCUT2D eigenvalue weighted by Crippen LogP contribution is 2.24. The van der Waals surface area contributed by atoms with Crippen LogP contribution in [0.25, 0.3) is 0 Å². The van der Waals surface area contributed by atoms with Gasteiger partial charge in [0.15, 0.2) is 0 Å². The van der Waals surface area contributed by atoms with Gasteiger partial charge in [-0.05, 0) is 63.0 Å². The third-order valence-corrected chi connectivity index (χ3v) is 5.47. The van der Waals surface area contributed by atoms with Gasteiger partial charge in [0, 0.05) is 13.1 Å². The summed E-state index contributed by atoms with van der Waals surface area (Å²) in [7, 11) is -1.73. The normalized spacial score (nSPS) is 20.0. The number of nitrogens with one attached hydrogen (secondary N) is 1. The Kier molecular flexibility index (Phi) is 6.59. The first-order valence-corrected chi connectivity index (χ1v) is 8.29. The maximum absolute atomic E-state index is 13.4. The van der Waals surface area contributed by atoms with Crippen LogP contribution in [0.15, 0.2) is 23.1 Å². The zero-order chi connectivity index (χ0) is 14.8. The van der Waals surface area contributed by atoms with Gasteiger partial charge in [0.25, 0.3) is 0 Å². The molecule has 0 bridgehead atoms. The summed E-state index contributed by atoms with van der Waals surface area (Å²) in [5.74, 6) is -0.189. The predicted octanol–water partition coefficient (Wildman–Crippen LogP) is 2.18. The quantitative estimate of drug-likeness (QED) is 0.916. The minimum Gasteiger partial charge on any atom is -0.319 e. The van der Waals surface area contributed by atoms with E-state index in [1.165, 1.54) is 16.4 Å². The number of hydrogen-bond acceptors (Lipinski definition) is 3. The van der Waals surface area contributed by atoms with Gasteiger partial charge >= 0.3 is 0 Å². The number of hydrogen-bond donors (Lipinski definition) is 1. The summed E-state index contributed by atoms with van der Waals surface area (Å²) < 4.78 is 40.1. The summed E-state index contributed by atoms with van der Waals surface area (Å²) in [5.41, 5.74) is 0.618. The molecule has 1 aliphatic rings. The highest BCUT2D eigenvalue weighted by atomic mass is 35.5. The van der Waals surface area contributed by atoms with E-state index in [-0.39, 0.29) is 17.3 Å². The van der Waals surface area contributed by atoms with Crippen molar-refractivity contribution in [1.82, 2.24) is 9.62 Å². The zero-order valence-corrected chi connectivity index (χ0v) is 13.9. The largest absolute Gasteiger partial charge is 0.319 e. The van der Waals surface area contributed by atoms with Gasteiger partial charge in [-0.3, -0.25) is 0 Å². The minimum atomic E-state index is -3.59. The molecule has 1 aromatic carbocycles. The van der Waals surface area contributed by atoms with Crippen LogP contribution < -0.4 is 5.32 Å². The van der Waals surface area contributed by atoms with Crippen LogP contribution in [0.5, 0.6) is 0 Å². The number of benzene rings is 1. The van der Waals surface area contributed by atoms with Gasteiger partial charge in [-0.2, -0.15) is 4.31 Å². The van der Waals surface area contributed by atoms with E-state index in [9.17, 15) is 12.8 Å². The van der Waals surface area contributed by atoms with Crippen molar-refractivity contribution >= 4 is 22.4 Å². The van der Waals surface area contributed by atoms with Crippen molar-refractivity contribution in [2.24, 2.45) is 5.92 Å². The molecular weight excluding hydrogens is 315 g/mol. The molecular formula is C14H22ClFN2O2S. The van der Waals surface area contributed by atoms with Gasteiger partial charge in [0.2, 0.25) is 10.0 Å². The summed E-state index contributed by atoms with van der Waals surface area (Å²) in [6, 6.07) is 3.96. The van der Waals surface area contributed by atoms with E-state index < -0.39 is 15.8 Å². The van der Waals surface area contributed by atoms with Crippen molar-refractivity contribution < 1.29 is 12.8 Å². The Balaban J connectivity index is 0.00000220. The van der Waals surface area contributed by atoms with Gasteiger partial charge in [-0.15, -0.1) is 12.4 Å². The Morgan fingerprint density at radius 3 is 2.71 bits per heavy atom. The lowest BCUT2D eigenvalue weighted by Crippen LogP contribution is -2.42. The SMILES string of the molecule is CNCC1CCCN(S(=O)(=O)c2cc(C)cc(F)c2)C1.Cl. The Hall–Kier alpha value is -0.690. The Morgan fingerprint density at radius 1 is 1.38 bits per heavy atom. The molecule has 1 aliphatic heterocycles. The average molecular weight is 337 g/mol. The molecule has 4 nitrogen and oxygen atoms in total. The molecule has 0 amide bonds. The summed E-state index contributed by atoms with van der Waals surface area (Å²) in [6.07, 6.45) is 1.87. The van der Waals surface area contributed by atoms with Gasteiger partial charge in [0.1, 0.15) is 5.82 Å². The molecule has 1 atom stereocenters. The first-order valence-electron chi connectivity index (χ1n) is 6.85. The summed E-state index contributed by atoms with van der Waals surface area (Å²) in [4.78, 5) is 0.0557. The first-order chi connectivity index (χ1) is 9.43. The lowest BCUT2D eigenvalue weighted by molar-refractivity contribution is 0.263. The molecule has 1 N–H and O–H groups in total. The van der Waals surface area contributed by atoms with Crippen molar-refractivity contribution in [3.63, 3.8) is 0 Å². The van der Waals surface area contributed by atoms with Crippen LogP contribution in [0.4, 0.5) is 4.39 Å². The molecule has 1 aromatic rings. The number of rotatable bonds is 4. The predicted molar refractivity (Wildman–Crippen MR) is 83.8 cm³/mol. The summed E-state index contributed by atoms with van der Waals surface area (Å²) >= 11 is 0. The zero-order valence-electron chi connectivity index (χ0n) is 12.3. The van der Waals surface area contributed by atoms with Crippen LogP contribution in [0.1, 0.15) is 18.4 Å². The molecule has 1 fully saturated rings. The van der Waals surface area contributed by atoms with Crippen LogP contribution in [0.2, 0.25) is 0 Å². The van der Waals surface area contributed by atoms with E-state index in [1.54, 1.807) is 6.92 Å². The Labute approximate surface area is 132 Å². The summed E-state index contributed by atoms with van der Waals surface area (Å²) in [5, 5.41) is 3.09. The molecule has 1 saturated heterocycles. The Bertz CT molecular complexity index is 558. The molecule has 0 aliphatic carbocycles. The molecule has 1 unspecified atom stereocenters. The topological polar surface area (TPSA) is 49.4 Å². The maximum atomic E-state index is 13.4. The fraction of sp³-hybridized carbons (Fsp3) is 0.571. The van der Waals surface area contributed by atoms with E-state index in [0.29, 0.717) is 24.6 Å². The summed E-state index contributed by atoms with van der Waals surface area (Å²) in [6.45, 7) is 3.51. The van der Waals surface area contributed by atoms with Crippen LogP contribution >= 0.6 is 12.4 Å². The van der Waals surface area contributed by atoms with Gasteiger partial charge < -0.3 is 5.32 Å². The molecule has 0 aromatic heterocycles. The Morgan fingerprint density at radius 2 is 2.10 bits per heavy atom. The minimum absolute atomic E-state index is 0. The molecule has 21 heavy (non-hydrogen) atoms. The highest BCUT2D eigenvalue weighted by molar-refractivity contribution is 7.89. The number of halogens is 2. The van der Waals surface area contributed by atoms with Crippen LogP contribution in [0.3, 0.4) is 0 Å². The second kappa shape index (κ2) is 7.54. The van der Waals surface area contributed by atoms with Crippen molar-refractivity contribution in [3.05, 3.63) is 29.6 Å². The van der Waals surface area contributed by atoms with E-state index in [1.807, 2.05) is 7.05 Å². The van der Waals surface area contributed by atoms with E-state index in [2.05, 4.69) is 5.32 Å². The van der Waals surface area contributed by atoms with Crippen LogP contribution in [-0.4, -0.2) is 39.4 Å². The van der Waals surface area contributed by atoms with Crippen molar-refractivity contribution in [1.29, 1.82) is 0 Å². The second-order valence-electron chi connectivity index (χ2n) is 5.39. The average Bonchev–Trinajstić information content (AvgIpc) is 2.38. The van der Waals surface area contributed by atoms with Gasteiger partial charge in [-0.25, -0.2) is 12.8 Å². The molecule has 0 saturated carbocycles. The molecule has 7 heteroatoms. The van der Waals surface area contributed by atoms with E-state index in [4.69, 9.17) is 0 Å². The van der Waals surface area contributed by atoms with Gasteiger partial charge in [-0.1, -0.05) is 0 Å². The lowest BCUT2D eigenvalue weighted by Gasteiger charge is -2.31. The van der Waals surface area contributed by atoms with E-state index >= 15 is 0 Å². The van der Waals surface area contributed by atoms with Crippen LogP contribution in [-0.2, 0) is 10.0 Å². The fourth-order valence-corrected chi connectivity index (χ4v) is 4.37. The van der Waals surface area contributed by atoms with Crippen molar-refractivity contribution in [2.45, 2.75) is 24.7 Å². The molecule has 2 rings (SSSR count).